The maximum atomic E-state index is 12.6. The van der Waals surface area contributed by atoms with E-state index in [-0.39, 0.29) is 12.5 Å². The highest BCUT2D eigenvalue weighted by Crippen LogP contribution is 2.33. The van der Waals surface area contributed by atoms with Crippen molar-refractivity contribution in [1.29, 1.82) is 5.26 Å². The number of rotatable bonds is 1. The van der Waals surface area contributed by atoms with E-state index >= 15 is 0 Å². The average Bonchev–Trinajstić information content (AvgIpc) is 2.54. The number of hydrogen-bond donors (Lipinski definition) is 0. The molecule has 1 heterocycles. The molecule has 0 bridgehead atoms. The Bertz CT molecular complexity index is 676. The zero-order valence-electron chi connectivity index (χ0n) is 10.7. The second-order valence-corrected chi connectivity index (χ2v) is 4.49. The van der Waals surface area contributed by atoms with Gasteiger partial charge in [-0.25, -0.2) is 0 Å². The normalized spacial score (nSPS) is 16.8. The predicted molar refractivity (Wildman–Crippen MR) is 74.6 cm³/mol. The van der Waals surface area contributed by atoms with E-state index in [1.165, 1.54) is 0 Å². The Balaban J connectivity index is 2.01. The number of amides is 1. The molecular formula is C16H12N2O2. The molecule has 4 heteroatoms. The summed E-state index contributed by atoms with van der Waals surface area (Å²) >= 11 is 0. The van der Waals surface area contributed by atoms with Gasteiger partial charge in [0.1, 0.15) is 11.8 Å². The van der Waals surface area contributed by atoms with Crippen LogP contribution in [0.1, 0.15) is 10.4 Å². The quantitative estimate of drug-likeness (QED) is 0.795. The molecule has 0 N–H and O–H groups in total. The van der Waals surface area contributed by atoms with Gasteiger partial charge in [-0.05, 0) is 24.3 Å². The molecule has 2 aromatic carbocycles. The molecule has 0 fully saturated rings. The monoisotopic (exact) mass is 264 g/mol. The zero-order valence-corrected chi connectivity index (χ0v) is 10.7. The van der Waals surface area contributed by atoms with Crippen LogP contribution in [0.2, 0.25) is 0 Å². The highest BCUT2D eigenvalue weighted by molar-refractivity contribution is 6.07. The van der Waals surface area contributed by atoms with Gasteiger partial charge in [0, 0.05) is 5.56 Å². The lowest BCUT2D eigenvalue weighted by atomic mass is 10.1. The maximum Gasteiger partial charge on any atom is 0.258 e. The van der Waals surface area contributed by atoms with E-state index < -0.39 is 6.10 Å². The first-order valence-corrected chi connectivity index (χ1v) is 6.32. The fourth-order valence-electron chi connectivity index (χ4n) is 2.23. The van der Waals surface area contributed by atoms with E-state index in [9.17, 15) is 4.79 Å². The summed E-state index contributed by atoms with van der Waals surface area (Å²) in [4.78, 5) is 14.2. The molecule has 0 radical (unpaired) electrons. The third kappa shape index (κ3) is 2.10. The summed E-state index contributed by atoms with van der Waals surface area (Å²) in [6, 6.07) is 18.4. The molecule has 1 aliphatic rings. The lowest BCUT2D eigenvalue weighted by Gasteiger charge is -2.32. The van der Waals surface area contributed by atoms with Crippen LogP contribution in [-0.4, -0.2) is 18.6 Å². The number of anilines is 1. The minimum Gasteiger partial charge on any atom is -0.471 e. The minimum absolute atomic E-state index is 0.124. The van der Waals surface area contributed by atoms with Gasteiger partial charge < -0.3 is 9.64 Å². The number of para-hydroxylation sites is 2. The van der Waals surface area contributed by atoms with E-state index in [0.29, 0.717) is 17.0 Å². The molecular weight excluding hydrogens is 252 g/mol. The van der Waals surface area contributed by atoms with E-state index in [1.807, 2.05) is 36.4 Å². The van der Waals surface area contributed by atoms with E-state index in [1.54, 1.807) is 23.1 Å². The molecule has 1 atom stereocenters. The third-order valence-corrected chi connectivity index (χ3v) is 3.18. The van der Waals surface area contributed by atoms with Gasteiger partial charge in [-0.15, -0.1) is 0 Å². The van der Waals surface area contributed by atoms with Gasteiger partial charge in [-0.1, -0.05) is 30.3 Å². The van der Waals surface area contributed by atoms with Crippen LogP contribution < -0.4 is 9.64 Å². The molecule has 2 aromatic rings. The molecule has 20 heavy (non-hydrogen) atoms. The van der Waals surface area contributed by atoms with Gasteiger partial charge in [0.2, 0.25) is 6.10 Å². The highest BCUT2D eigenvalue weighted by atomic mass is 16.5. The Hall–Kier alpha value is -2.80. The van der Waals surface area contributed by atoms with Crippen LogP contribution in [0.5, 0.6) is 5.75 Å². The van der Waals surface area contributed by atoms with E-state index in [0.717, 1.165) is 0 Å². The average molecular weight is 264 g/mol. The summed E-state index contributed by atoms with van der Waals surface area (Å²) in [5.41, 5.74) is 1.30. The Morgan fingerprint density at radius 1 is 1.15 bits per heavy atom. The zero-order chi connectivity index (χ0) is 13.9. The maximum absolute atomic E-state index is 12.6. The molecule has 0 spiro atoms. The number of carbonyl (C=O) groups excluding carboxylic acids is 1. The second-order valence-electron chi connectivity index (χ2n) is 4.49. The van der Waals surface area contributed by atoms with Gasteiger partial charge in [0.05, 0.1) is 12.2 Å². The number of hydrogen-bond acceptors (Lipinski definition) is 3. The smallest absolute Gasteiger partial charge is 0.258 e. The summed E-state index contributed by atoms with van der Waals surface area (Å²) in [6.07, 6.45) is -0.641. The molecule has 0 aliphatic carbocycles. The van der Waals surface area contributed by atoms with Gasteiger partial charge in [-0.3, -0.25) is 4.79 Å². The Morgan fingerprint density at radius 3 is 2.60 bits per heavy atom. The van der Waals surface area contributed by atoms with Crippen LogP contribution >= 0.6 is 0 Å². The lowest BCUT2D eigenvalue weighted by Crippen LogP contribution is -2.43. The van der Waals surface area contributed by atoms with Crippen molar-refractivity contribution in [2.24, 2.45) is 0 Å². The minimum atomic E-state index is -0.641. The summed E-state index contributed by atoms with van der Waals surface area (Å²) < 4.78 is 5.54. The van der Waals surface area contributed by atoms with Crippen molar-refractivity contribution < 1.29 is 9.53 Å². The highest BCUT2D eigenvalue weighted by Gasteiger charge is 2.29. The van der Waals surface area contributed by atoms with Gasteiger partial charge >= 0.3 is 0 Å². The van der Waals surface area contributed by atoms with E-state index in [2.05, 4.69) is 6.07 Å². The number of fused-ring (bicyclic) bond motifs is 1. The molecule has 4 nitrogen and oxygen atoms in total. The fraction of sp³-hybridized carbons (Fsp3) is 0.125. The first-order chi connectivity index (χ1) is 9.79. The number of carbonyl (C=O) groups is 1. The number of ether oxygens (including phenoxy) is 1. The van der Waals surface area contributed by atoms with Crippen molar-refractivity contribution in [3.8, 4) is 11.8 Å². The first kappa shape index (κ1) is 12.2. The Morgan fingerprint density at radius 2 is 1.85 bits per heavy atom. The van der Waals surface area contributed by atoms with Gasteiger partial charge in [0.25, 0.3) is 5.91 Å². The third-order valence-electron chi connectivity index (χ3n) is 3.18. The van der Waals surface area contributed by atoms with Crippen molar-refractivity contribution >= 4 is 11.6 Å². The van der Waals surface area contributed by atoms with Crippen molar-refractivity contribution in [2.75, 3.05) is 11.4 Å². The molecule has 0 aromatic heterocycles. The Kier molecular flexibility index (Phi) is 3.10. The van der Waals surface area contributed by atoms with Crippen molar-refractivity contribution in [2.45, 2.75) is 6.10 Å². The Labute approximate surface area is 116 Å². The summed E-state index contributed by atoms with van der Waals surface area (Å²) in [5, 5.41) is 9.07. The standard InChI is InChI=1S/C16H12N2O2/c17-10-13-11-18(14-8-4-5-9-15(14)20-13)16(19)12-6-2-1-3-7-12/h1-9,13H,11H2/t13-/m1/s1. The summed E-state index contributed by atoms with van der Waals surface area (Å²) in [6.45, 7) is 0.237. The molecule has 1 amide bonds. The molecule has 98 valence electrons. The number of nitrogens with zero attached hydrogens (tertiary/aromatic N) is 2. The lowest BCUT2D eigenvalue weighted by molar-refractivity contribution is 0.0968. The number of benzene rings is 2. The largest absolute Gasteiger partial charge is 0.471 e. The van der Waals surface area contributed by atoms with Crippen molar-refractivity contribution in [3.05, 3.63) is 60.2 Å². The predicted octanol–water partition coefficient (Wildman–Crippen LogP) is 2.62. The van der Waals surface area contributed by atoms with E-state index in [4.69, 9.17) is 10.00 Å². The molecule has 0 saturated carbocycles. The fourth-order valence-corrected chi connectivity index (χ4v) is 2.23. The number of nitriles is 1. The van der Waals surface area contributed by atoms with Crippen LogP contribution in [0.25, 0.3) is 0 Å². The summed E-state index contributed by atoms with van der Waals surface area (Å²) in [7, 11) is 0. The SMILES string of the molecule is N#C[C@@H]1CN(C(=O)c2ccccc2)c2ccccc2O1. The van der Waals surface area contributed by atoms with Crippen molar-refractivity contribution in [1.82, 2.24) is 0 Å². The summed E-state index contributed by atoms with van der Waals surface area (Å²) in [5.74, 6) is 0.441. The molecule has 3 rings (SSSR count). The first-order valence-electron chi connectivity index (χ1n) is 6.32. The van der Waals surface area contributed by atoms with Crippen molar-refractivity contribution in [3.63, 3.8) is 0 Å². The molecule has 1 aliphatic heterocycles. The van der Waals surface area contributed by atoms with Crippen LogP contribution in [0.15, 0.2) is 54.6 Å². The van der Waals surface area contributed by atoms with Gasteiger partial charge in [0.15, 0.2) is 0 Å². The van der Waals surface area contributed by atoms with Crippen LogP contribution in [-0.2, 0) is 0 Å². The van der Waals surface area contributed by atoms with Crippen LogP contribution in [0.3, 0.4) is 0 Å². The molecule has 0 unspecified atom stereocenters. The molecule has 0 saturated heterocycles. The van der Waals surface area contributed by atoms with Gasteiger partial charge in [-0.2, -0.15) is 5.26 Å². The van der Waals surface area contributed by atoms with Crippen LogP contribution in [0, 0.1) is 11.3 Å². The second kappa shape index (κ2) is 5.06. The van der Waals surface area contributed by atoms with Crippen LogP contribution in [0.4, 0.5) is 5.69 Å². The topological polar surface area (TPSA) is 53.3 Å².